The number of benzene rings is 1. The van der Waals surface area contributed by atoms with Gasteiger partial charge < -0.3 is 15.0 Å². The lowest BCUT2D eigenvalue weighted by atomic mass is 10.0. The molecule has 110 valence electrons. The van der Waals surface area contributed by atoms with E-state index in [9.17, 15) is 4.39 Å². The van der Waals surface area contributed by atoms with Gasteiger partial charge in [0.1, 0.15) is 17.3 Å². The van der Waals surface area contributed by atoms with E-state index in [0.29, 0.717) is 5.75 Å². The average Bonchev–Trinajstić information content (AvgIpc) is 2.50. The van der Waals surface area contributed by atoms with Crippen LogP contribution in [0.5, 0.6) is 5.75 Å². The summed E-state index contributed by atoms with van der Waals surface area (Å²) in [5, 5.41) is 3.31. The average molecular weight is 286 g/mol. The first-order valence-electron chi connectivity index (χ1n) is 7.14. The second-order valence-electron chi connectivity index (χ2n) is 5.31. The van der Waals surface area contributed by atoms with Crippen molar-refractivity contribution in [3.63, 3.8) is 0 Å². The van der Waals surface area contributed by atoms with E-state index in [1.165, 1.54) is 17.8 Å². The Morgan fingerprint density at radius 1 is 1.38 bits per heavy atom. The molecule has 2 heterocycles. The number of halogens is 1. The van der Waals surface area contributed by atoms with Crippen LogP contribution in [-0.2, 0) is 0 Å². The summed E-state index contributed by atoms with van der Waals surface area (Å²) >= 11 is 0. The molecule has 0 spiro atoms. The minimum atomic E-state index is -0.282. The third-order valence-corrected chi connectivity index (χ3v) is 3.81. The fourth-order valence-corrected chi connectivity index (χ4v) is 2.65. The van der Waals surface area contributed by atoms with Gasteiger partial charge in [0, 0.05) is 30.6 Å². The minimum Gasteiger partial charge on any atom is -0.460 e. The SMILES string of the molecule is CNC1CC(Oc2cc(F)ccc2C)=CN2C=CCC=C12. The largest absolute Gasteiger partial charge is 0.460 e. The second kappa shape index (κ2) is 5.74. The highest BCUT2D eigenvalue weighted by molar-refractivity contribution is 5.35. The van der Waals surface area contributed by atoms with Crippen molar-refractivity contribution in [1.82, 2.24) is 10.2 Å². The maximum atomic E-state index is 13.4. The van der Waals surface area contributed by atoms with E-state index < -0.39 is 0 Å². The van der Waals surface area contributed by atoms with Crippen molar-refractivity contribution in [2.75, 3.05) is 7.05 Å². The molecule has 0 radical (unpaired) electrons. The van der Waals surface area contributed by atoms with Gasteiger partial charge in [-0.05, 0) is 32.0 Å². The van der Waals surface area contributed by atoms with E-state index in [4.69, 9.17) is 4.74 Å². The summed E-state index contributed by atoms with van der Waals surface area (Å²) in [7, 11) is 1.94. The van der Waals surface area contributed by atoms with Crippen molar-refractivity contribution in [1.29, 1.82) is 0 Å². The third-order valence-electron chi connectivity index (χ3n) is 3.81. The Bertz CT molecular complexity index is 634. The van der Waals surface area contributed by atoms with Crippen molar-refractivity contribution in [3.8, 4) is 5.75 Å². The van der Waals surface area contributed by atoms with Crippen LogP contribution in [0, 0.1) is 12.7 Å². The zero-order valence-electron chi connectivity index (χ0n) is 12.3. The summed E-state index contributed by atoms with van der Waals surface area (Å²) in [5.41, 5.74) is 2.16. The Balaban J connectivity index is 1.87. The van der Waals surface area contributed by atoms with E-state index in [-0.39, 0.29) is 11.9 Å². The number of hydrogen-bond donors (Lipinski definition) is 1. The van der Waals surface area contributed by atoms with E-state index >= 15 is 0 Å². The highest BCUT2D eigenvalue weighted by Crippen LogP contribution is 2.30. The van der Waals surface area contributed by atoms with Gasteiger partial charge >= 0.3 is 0 Å². The van der Waals surface area contributed by atoms with Crippen LogP contribution in [0.25, 0.3) is 0 Å². The van der Waals surface area contributed by atoms with Gasteiger partial charge in [-0.15, -0.1) is 0 Å². The first-order valence-corrected chi connectivity index (χ1v) is 7.14. The molecule has 1 aromatic carbocycles. The number of nitrogens with zero attached hydrogens (tertiary/aromatic N) is 1. The zero-order chi connectivity index (χ0) is 14.8. The molecule has 2 aliphatic rings. The van der Waals surface area contributed by atoms with Crippen LogP contribution in [0.15, 0.2) is 54.2 Å². The molecule has 4 heteroatoms. The fourth-order valence-electron chi connectivity index (χ4n) is 2.65. The smallest absolute Gasteiger partial charge is 0.132 e. The Labute approximate surface area is 124 Å². The number of allylic oxidation sites excluding steroid dienone is 2. The summed E-state index contributed by atoms with van der Waals surface area (Å²) < 4.78 is 19.3. The summed E-state index contributed by atoms with van der Waals surface area (Å²) in [5.74, 6) is 1.12. The Morgan fingerprint density at radius 3 is 3.05 bits per heavy atom. The topological polar surface area (TPSA) is 24.5 Å². The first-order chi connectivity index (χ1) is 10.2. The van der Waals surface area contributed by atoms with Crippen LogP contribution in [0.3, 0.4) is 0 Å². The van der Waals surface area contributed by atoms with Gasteiger partial charge in [0.25, 0.3) is 0 Å². The summed E-state index contributed by atoms with van der Waals surface area (Å²) in [4.78, 5) is 2.07. The zero-order valence-corrected chi connectivity index (χ0v) is 12.3. The van der Waals surface area contributed by atoms with E-state index in [1.54, 1.807) is 6.07 Å². The monoisotopic (exact) mass is 286 g/mol. The molecule has 0 saturated carbocycles. The van der Waals surface area contributed by atoms with Gasteiger partial charge in [-0.2, -0.15) is 0 Å². The highest BCUT2D eigenvalue weighted by Gasteiger charge is 2.25. The van der Waals surface area contributed by atoms with Gasteiger partial charge in [-0.25, -0.2) is 4.39 Å². The molecule has 0 fully saturated rings. The Kier molecular flexibility index (Phi) is 3.80. The molecule has 0 aliphatic carbocycles. The van der Waals surface area contributed by atoms with Crippen molar-refractivity contribution in [2.24, 2.45) is 0 Å². The summed E-state index contributed by atoms with van der Waals surface area (Å²) in [6.07, 6.45) is 10.0. The van der Waals surface area contributed by atoms with Gasteiger partial charge in [-0.3, -0.25) is 0 Å². The predicted octanol–water partition coefficient (Wildman–Crippen LogP) is 3.45. The molecule has 3 rings (SSSR count). The van der Waals surface area contributed by atoms with Crippen LogP contribution in [-0.4, -0.2) is 18.0 Å². The number of aryl methyl sites for hydroxylation is 1. The predicted molar refractivity (Wildman–Crippen MR) is 81.0 cm³/mol. The summed E-state index contributed by atoms with van der Waals surface area (Å²) in [6.45, 7) is 1.92. The van der Waals surface area contributed by atoms with E-state index in [0.717, 1.165) is 24.2 Å². The van der Waals surface area contributed by atoms with E-state index in [1.807, 2.05) is 26.4 Å². The number of fused-ring (bicyclic) bond motifs is 1. The Morgan fingerprint density at radius 2 is 2.24 bits per heavy atom. The van der Waals surface area contributed by atoms with Crippen molar-refractivity contribution in [3.05, 3.63) is 65.6 Å². The molecule has 1 atom stereocenters. The van der Waals surface area contributed by atoms with Crippen LogP contribution < -0.4 is 10.1 Å². The molecule has 0 aromatic heterocycles. The number of hydrogen-bond acceptors (Lipinski definition) is 3. The van der Waals surface area contributed by atoms with Crippen LogP contribution in [0.2, 0.25) is 0 Å². The maximum absolute atomic E-state index is 13.4. The minimum absolute atomic E-state index is 0.212. The van der Waals surface area contributed by atoms with Gasteiger partial charge in [0.2, 0.25) is 0 Å². The lowest BCUT2D eigenvalue weighted by Gasteiger charge is -2.34. The molecule has 1 unspecified atom stereocenters. The first kappa shape index (κ1) is 13.9. The maximum Gasteiger partial charge on any atom is 0.132 e. The normalized spacial score (nSPS) is 20.7. The van der Waals surface area contributed by atoms with E-state index in [2.05, 4.69) is 22.4 Å². The molecule has 0 amide bonds. The molecule has 3 nitrogen and oxygen atoms in total. The van der Waals surface area contributed by atoms with Crippen molar-refractivity contribution >= 4 is 0 Å². The second-order valence-corrected chi connectivity index (χ2v) is 5.31. The lowest BCUT2D eigenvalue weighted by molar-refractivity contribution is 0.332. The molecule has 1 N–H and O–H groups in total. The molecule has 0 bridgehead atoms. The molecule has 2 aliphatic heterocycles. The molecule has 21 heavy (non-hydrogen) atoms. The molecular formula is C17H19FN2O. The standard InChI is InChI=1S/C17H19FN2O/c1-12-6-7-13(18)9-17(12)21-14-10-15(19-2)16-5-3-4-8-20(16)11-14/h4-9,11,15,19H,3,10H2,1-2H3. The van der Waals surface area contributed by atoms with Crippen molar-refractivity contribution in [2.45, 2.75) is 25.8 Å². The molecule has 1 aromatic rings. The van der Waals surface area contributed by atoms with Gasteiger partial charge in [-0.1, -0.05) is 18.2 Å². The number of nitrogens with one attached hydrogen (secondary N) is 1. The summed E-state index contributed by atoms with van der Waals surface area (Å²) in [6, 6.07) is 4.82. The highest BCUT2D eigenvalue weighted by atomic mass is 19.1. The molecule has 0 saturated heterocycles. The van der Waals surface area contributed by atoms with Gasteiger partial charge in [0.05, 0.1) is 6.04 Å². The van der Waals surface area contributed by atoms with Gasteiger partial charge in [0.15, 0.2) is 0 Å². The Hall–Kier alpha value is -2.07. The number of ether oxygens (including phenoxy) is 1. The molecular weight excluding hydrogens is 267 g/mol. The number of likely N-dealkylation sites (N-methyl/N-ethyl adjacent to an activating group) is 1. The third kappa shape index (κ3) is 2.85. The van der Waals surface area contributed by atoms with Crippen molar-refractivity contribution < 1.29 is 9.13 Å². The van der Waals surface area contributed by atoms with Crippen LogP contribution in [0.1, 0.15) is 18.4 Å². The van der Waals surface area contributed by atoms with Crippen LogP contribution >= 0.6 is 0 Å². The quantitative estimate of drug-likeness (QED) is 0.921. The fraction of sp³-hybridized carbons (Fsp3) is 0.294. The van der Waals surface area contributed by atoms with Crippen LogP contribution in [0.4, 0.5) is 4.39 Å². The number of rotatable bonds is 3. The lowest BCUT2D eigenvalue weighted by Crippen LogP contribution is -2.38.